The predicted molar refractivity (Wildman–Crippen MR) is 106 cm³/mol. The molecule has 9 heteroatoms. The van der Waals surface area contributed by atoms with Gasteiger partial charge in [0.05, 0.1) is 31.2 Å². The van der Waals surface area contributed by atoms with E-state index in [0.717, 1.165) is 17.0 Å². The molecule has 0 saturated heterocycles. The second-order valence-electron chi connectivity index (χ2n) is 6.31. The molecule has 0 aliphatic carbocycles. The fourth-order valence-corrected chi connectivity index (χ4v) is 2.87. The summed E-state index contributed by atoms with van der Waals surface area (Å²) in [5.41, 5.74) is 3.51. The number of hydrogen-bond donors (Lipinski definition) is 1. The Morgan fingerprint density at radius 3 is 2.79 bits per heavy atom. The minimum atomic E-state index is -0.243. The third kappa shape index (κ3) is 3.98. The zero-order chi connectivity index (χ0) is 20.2. The predicted octanol–water partition coefficient (Wildman–Crippen LogP) is 2.00. The number of aromatic nitrogens is 6. The summed E-state index contributed by atoms with van der Waals surface area (Å²) in [6.07, 6.45) is 5.13. The number of ether oxygens (including phenoxy) is 1. The molecule has 3 heterocycles. The van der Waals surface area contributed by atoms with Crippen molar-refractivity contribution in [1.29, 1.82) is 0 Å². The number of hydrogen-bond acceptors (Lipinski definition) is 6. The van der Waals surface area contributed by atoms with Crippen molar-refractivity contribution in [2.75, 3.05) is 7.11 Å². The third-order valence-corrected chi connectivity index (χ3v) is 4.38. The summed E-state index contributed by atoms with van der Waals surface area (Å²) in [5.74, 6) is 0.490. The van der Waals surface area contributed by atoms with Crippen molar-refractivity contribution in [3.8, 4) is 22.7 Å². The summed E-state index contributed by atoms with van der Waals surface area (Å²) in [6, 6.07) is 12.9. The molecule has 0 bridgehead atoms. The first-order valence-corrected chi connectivity index (χ1v) is 8.92. The van der Waals surface area contributed by atoms with Crippen LogP contribution in [0.1, 0.15) is 16.2 Å². The molecule has 0 aliphatic heterocycles. The van der Waals surface area contributed by atoms with E-state index >= 15 is 0 Å². The van der Waals surface area contributed by atoms with Gasteiger partial charge in [-0.1, -0.05) is 17.3 Å². The molecule has 29 heavy (non-hydrogen) atoms. The SMILES string of the molecule is COc1cccc(-c2cc(C(=O)NCc3cn(-c4ccncc4)nn3)n(C)n2)c1. The van der Waals surface area contributed by atoms with E-state index in [1.807, 2.05) is 36.4 Å². The minimum Gasteiger partial charge on any atom is -0.497 e. The molecule has 146 valence electrons. The van der Waals surface area contributed by atoms with Crippen LogP contribution < -0.4 is 10.1 Å². The maximum absolute atomic E-state index is 12.6. The Hall–Kier alpha value is -4.01. The topological polar surface area (TPSA) is 99.7 Å². The normalized spacial score (nSPS) is 10.7. The fourth-order valence-electron chi connectivity index (χ4n) is 2.87. The molecule has 0 unspecified atom stereocenters. The highest BCUT2D eigenvalue weighted by Crippen LogP contribution is 2.23. The smallest absolute Gasteiger partial charge is 0.269 e. The summed E-state index contributed by atoms with van der Waals surface area (Å²) in [6.45, 7) is 0.254. The maximum atomic E-state index is 12.6. The van der Waals surface area contributed by atoms with Crippen molar-refractivity contribution in [1.82, 2.24) is 35.1 Å². The number of benzene rings is 1. The number of nitrogens with zero attached hydrogens (tertiary/aromatic N) is 6. The number of rotatable bonds is 6. The fraction of sp³-hybridized carbons (Fsp3) is 0.150. The van der Waals surface area contributed by atoms with E-state index in [0.29, 0.717) is 17.1 Å². The van der Waals surface area contributed by atoms with Gasteiger partial charge in [0.25, 0.3) is 5.91 Å². The highest BCUT2D eigenvalue weighted by Gasteiger charge is 2.15. The molecule has 1 N–H and O–H groups in total. The van der Waals surface area contributed by atoms with Crippen LogP contribution in [0.25, 0.3) is 16.9 Å². The van der Waals surface area contributed by atoms with Crippen LogP contribution >= 0.6 is 0 Å². The van der Waals surface area contributed by atoms with E-state index in [4.69, 9.17) is 4.74 Å². The minimum absolute atomic E-state index is 0.243. The van der Waals surface area contributed by atoms with Crippen LogP contribution in [0.2, 0.25) is 0 Å². The second kappa shape index (κ2) is 7.93. The van der Waals surface area contributed by atoms with Crippen molar-refractivity contribution < 1.29 is 9.53 Å². The Morgan fingerprint density at radius 1 is 1.17 bits per heavy atom. The summed E-state index contributed by atoms with van der Waals surface area (Å²) in [7, 11) is 3.35. The number of carbonyl (C=O) groups is 1. The van der Waals surface area contributed by atoms with Gasteiger partial charge >= 0.3 is 0 Å². The van der Waals surface area contributed by atoms with Gasteiger partial charge in [0.2, 0.25) is 0 Å². The molecule has 4 aromatic rings. The van der Waals surface area contributed by atoms with Crippen LogP contribution in [0.15, 0.2) is 61.1 Å². The summed E-state index contributed by atoms with van der Waals surface area (Å²) in [4.78, 5) is 16.6. The molecular formula is C20H19N7O2. The lowest BCUT2D eigenvalue weighted by Crippen LogP contribution is -2.25. The van der Waals surface area contributed by atoms with Gasteiger partial charge in [-0.3, -0.25) is 14.5 Å². The van der Waals surface area contributed by atoms with Gasteiger partial charge in [-0.05, 0) is 30.3 Å². The van der Waals surface area contributed by atoms with Crippen LogP contribution in [0.3, 0.4) is 0 Å². The molecule has 1 aromatic carbocycles. The average Bonchev–Trinajstić information content (AvgIpc) is 3.39. The Kier molecular flexibility index (Phi) is 5.02. The maximum Gasteiger partial charge on any atom is 0.269 e. The van der Waals surface area contributed by atoms with E-state index in [1.54, 1.807) is 48.2 Å². The Balaban J connectivity index is 1.45. The first-order chi connectivity index (χ1) is 14.1. The Bertz CT molecular complexity index is 1130. The second-order valence-corrected chi connectivity index (χ2v) is 6.31. The molecule has 3 aromatic heterocycles. The van der Waals surface area contributed by atoms with Crippen LogP contribution in [-0.2, 0) is 13.6 Å². The van der Waals surface area contributed by atoms with E-state index in [2.05, 4.69) is 25.7 Å². The van der Waals surface area contributed by atoms with Crippen molar-refractivity contribution in [2.45, 2.75) is 6.54 Å². The largest absolute Gasteiger partial charge is 0.497 e. The lowest BCUT2D eigenvalue weighted by molar-refractivity contribution is 0.0941. The highest BCUT2D eigenvalue weighted by molar-refractivity contribution is 5.93. The average molecular weight is 389 g/mol. The number of amides is 1. The van der Waals surface area contributed by atoms with Gasteiger partial charge in [-0.15, -0.1) is 5.10 Å². The first kappa shape index (κ1) is 18.4. The van der Waals surface area contributed by atoms with Gasteiger partial charge in [0, 0.05) is 25.0 Å². The number of nitrogens with one attached hydrogen (secondary N) is 1. The molecule has 0 radical (unpaired) electrons. The van der Waals surface area contributed by atoms with Crippen LogP contribution in [0, 0.1) is 0 Å². The molecule has 9 nitrogen and oxygen atoms in total. The van der Waals surface area contributed by atoms with Crippen LogP contribution in [0.5, 0.6) is 5.75 Å². The van der Waals surface area contributed by atoms with Crippen molar-refractivity contribution in [3.63, 3.8) is 0 Å². The molecule has 0 spiro atoms. The van der Waals surface area contributed by atoms with Gasteiger partial charge in [-0.2, -0.15) is 5.10 Å². The lowest BCUT2D eigenvalue weighted by atomic mass is 10.1. The van der Waals surface area contributed by atoms with E-state index in [-0.39, 0.29) is 12.5 Å². The zero-order valence-corrected chi connectivity index (χ0v) is 16.0. The van der Waals surface area contributed by atoms with Crippen molar-refractivity contribution in [3.05, 3.63) is 72.4 Å². The molecule has 0 atom stereocenters. The quantitative estimate of drug-likeness (QED) is 0.541. The monoisotopic (exact) mass is 389 g/mol. The third-order valence-electron chi connectivity index (χ3n) is 4.38. The molecular weight excluding hydrogens is 370 g/mol. The Morgan fingerprint density at radius 2 is 2.00 bits per heavy atom. The van der Waals surface area contributed by atoms with Gasteiger partial charge < -0.3 is 10.1 Å². The molecule has 0 fully saturated rings. The molecule has 4 rings (SSSR count). The van der Waals surface area contributed by atoms with E-state index < -0.39 is 0 Å². The lowest BCUT2D eigenvalue weighted by Gasteiger charge is -2.02. The van der Waals surface area contributed by atoms with Gasteiger partial charge in [0.1, 0.15) is 17.1 Å². The highest BCUT2D eigenvalue weighted by atomic mass is 16.5. The molecule has 1 amide bonds. The summed E-state index contributed by atoms with van der Waals surface area (Å²) >= 11 is 0. The number of carbonyl (C=O) groups excluding carboxylic acids is 1. The van der Waals surface area contributed by atoms with Crippen molar-refractivity contribution in [2.24, 2.45) is 7.05 Å². The number of aryl methyl sites for hydroxylation is 1. The first-order valence-electron chi connectivity index (χ1n) is 8.92. The standard InChI is InChI=1S/C20H19N7O2/c1-26-19(11-18(24-26)14-4-3-5-17(10-14)29-2)20(28)22-12-15-13-27(25-23-15)16-6-8-21-9-7-16/h3-11,13H,12H2,1-2H3,(H,22,28). The zero-order valence-electron chi connectivity index (χ0n) is 16.0. The van der Waals surface area contributed by atoms with Crippen LogP contribution in [0.4, 0.5) is 0 Å². The van der Waals surface area contributed by atoms with Gasteiger partial charge in [-0.25, -0.2) is 4.68 Å². The van der Waals surface area contributed by atoms with E-state index in [9.17, 15) is 4.79 Å². The summed E-state index contributed by atoms with van der Waals surface area (Å²) < 4.78 is 8.44. The Labute approximate surface area is 167 Å². The number of methoxy groups -OCH3 is 1. The number of pyridine rings is 1. The molecule has 0 saturated carbocycles. The van der Waals surface area contributed by atoms with Crippen molar-refractivity contribution >= 4 is 5.91 Å². The van der Waals surface area contributed by atoms with E-state index in [1.165, 1.54) is 0 Å². The molecule has 0 aliphatic rings. The summed E-state index contributed by atoms with van der Waals surface area (Å²) in [5, 5.41) is 15.5. The van der Waals surface area contributed by atoms with Crippen LogP contribution in [-0.4, -0.2) is 42.8 Å². The van der Waals surface area contributed by atoms with Gasteiger partial charge in [0.15, 0.2) is 0 Å².